The highest BCUT2D eigenvalue weighted by Gasteiger charge is 2.07. The second kappa shape index (κ2) is 5.81. The molecule has 0 aliphatic rings. The molecule has 0 bridgehead atoms. The summed E-state index contributed by atoms with van der Waals surface area (Å²) in [5.74, 6) is -0.119. The topological polar surface area (TPSA) is 70.7 Å². The van der Waals surface area contributed by atoms with Gasteiger partial charge in [-0.15, -0.1) is 0 Å². The Bertz CT molecular complexity index is 364. The van der Waals surface area contributed by atoms with Crippen LogP contribution in [0.1, 0.15) is 29.8 Å². The Morgan fingerprint density at radius 3 is 3.07 bits per heavy atom. The van der Waals surface area contributed by atoms with Gasteiger partial charge in [0.25, 0.3) is 5.91 Å². The maximum atomic E-state index is 11.5. The highest BCUT2D eigenvalue weighted by molar-refractivity contribution is 5.92. The van der Waals surface area contributed by atoms with E-state index in [1.165, 1.54) is 6.20 Å². The van der Waals surface area contributed by atoms with Gasteiger partial charge in [-0.25, -0.2) is 4.98 Å². The highest BCUT2D eigenvalue weighted by Crippen LogP contribution is 1.96. The third-order valence-electron chi connectivity index (χ3n) is 2.05. The Balaban J connectivity index is 2.26. The van der Waals surface area contributed by atoms with E-state index in [0.717, 1.165) is 12.8 Å². The molecular formula is C10H14N4O. The van der Waals surface area contributed by atoms with Gasteiger partial charge in [0.2, 0.25) is 0 Å². The summed E-state index contributed by atoms with van der Waals surface area (Å²) >= 11 is 0. The minimum atomic E-state index is -0.119. The Morgan fingerprint density at radius 2 is 2.47 bits per heavy atom. The van der Waals surface area contributed by atoms with Gasteiger partial charge < -0.3 is 9.88 Å². The zero-order valence-corrected chi connectivity index (χ0v) is 8.73. The van der Waals surface area contributed by atoms with Gasteiger partial charge >= 0.3 is 0 Å². The molecule has 0 spiro atoms. The van der Waals surface area contributed by atoms with Crippen LogP contribution in [0, 0.1) is 11.3 Å². The number of nitrogens with zero attached hydrogens (tertiary/aromatic N) is 3. The molecule has 1 aromatic rings. The van der Waals surface area contributed by atoms with E-state index in [2.05, 4.69) is 16.4 Å². The maximum Gasteiger partial charge on any atom is 0.269 e. The quantitative estimate of drug-likeness (QED) is 0.726. The van der Waals surface area contributed by atoms with Crippen LogP contribution in [0.4, 0.5) is 0 Å². The lowest BCUT2D eigenvalue weighted by atomic mass is 10.2. The molecule has 0 aromatic carbocycles. The predicted octanol–water partition coefficient (Wildman–Crippen LogP) is 0.844. The Kier molecular flexibility index (Phi) is 4.35. The van der Waals surface area contributed by atoms with Crippen molar-refractivity contribution in [2.75, 3.05) is 6.54 Å². The van der Waals surface area contributed by atoms with E-state index in [0.29, 0.717) is 18.7 Å². The molecular weight excluding hydrogens is 192 g/mol. The summed E-state index contributed by atoms with van der Waals surface area (Å²) in [6.45, 7) is 0.603. The monoisotopic (exact) mass is 206 g/mol. The molecule has 1 N–H and O–H groups in total. The van der Waals surface area contributed by atoms with Crippen LogP contribution in [-0.2, 0) is 7.05 Å². The van der Waals surface area contributed by atoms with E-state index in [9.17, 15) is 4.79 Å². The number of hydrogen-bond acceptors (Lipinski definition) is 3. The maximum absolute atomic E-state index is 11.5. The van der Waals surface area contributed by atoms with Crippen LogP contribution < -0.4 is 5.32 Å². The first-order valence-corrected chi connectivity index (χ1v) is 4.87. The van der Waals surface area contributed by atoms with Gasteiger partial charge in [0.15, 0.2) is 0 Å². The van der Waals surface area contributed by atoms with Crippen LogP contribution in [-0.4, -0.2) is 22.0 Å². The number of rotatable bonds is 5. The van der Waals surface area contributed by atoms with Gasteiger partial charge in [-0.2, -0.15) is 5.26 Å². The van der Waals surface area contributed by atoms with Crippen LogP contribution in [0.3, 0.4) is 0 Å². The number of aryl methyl sites for hydroxylation is 1. The van der Waals surface area contributed by atoms with Gasteiger partial charge in [-0.1, -0.05) is 0 Å². The molecule has 1 rings (SSSR count). The van der Waals surface area contributed by atoms with Crippen LogP contribution in [0.25, 0.3) is 0 Å². The minimum Gasteiger partial charge on any atom is -0.351 e. The zero-order valence-electron chi connectivity index (χ0n) is 8.73. The average molecular weight is 206 g/mol. The second-order valence-electron chi connectivity index (χ2n) is 3.26. The van der Waals surface area contributed by atoms with E-state index in [1.54, 1.807) is 17.9 Å². The van der Waals surface area contributed by atoms with Crippen molar-refractivity contribution in [3.05, 3.63) is 18.2 Å². The summed E-state index contributed by atoms with van der Waals surface area (Å²) < 4.78 is 1.67. The highest BCUT2D eigenvalue weighted by atomic mass is 16.1. The molecule has 5 heteroatoms. The molecule has 1 heterocycles. The predicted molar refractivity (Wildman–Crippen MR) is 55.0 cm³/mol. The molecule has 0 fully saturated rings. The van der Waals surface area contributed by atoms with E-state index < -0.39 is 0 Å². The number of nitriles is 1. The zero-order chi connectivity index (χ0) is 11.1. The molecule has 0 unspecified atom stereocenters. The van der Waals surface area contributed by atoms with Gasteiger partial charge in [-0.3, -0.25) is 4.79 Å². The van der Waals surface area contributed by atoms with E-state index in [1.807, 2.05) is 0 Å². The van der Waals surface area contributed by atoms with Crippen molar-refractivity contribution in [3.63, 3.8) is 0 Å². The van der Waals surface area contributed by atoms with E-state index in [4.69, 9.17) is 5.26 Å². The molecule has 15 heavy (non-hydrogen) atoms. The lowest BCUT2D eigenvalue weighted by Crippen LogP contribution is -2.26. The lowest BCUT2D eigenvalue weighted by molar-refractivity contribution is 0.0945. The first-order chi connectivity index (χ1) is 7.25. The van der Waals surface area contributed by atoms with Crippen molar-refractivity contribution in [2.24, 2.45) is 7.05 Å². The number of unbranched alkanes of at least 4 members (excludes halogenated alkanes) is 2. The molecule has 0 aliphatic carbocycles. The number of nitrogens with one attached hydrogen (secondary N) is 1. The summed E-state index contributed by atoms with van der Waals surface area (Å²) in [5.41, 5.74) is 0.551. The summed E-state index contributed by atoms with van der Waals surface area (Å²) in [4.78, 5) is 15.4. The summed E-state index contributed by atoms with van der Waals surface area (Å²) in [6.07, 6.45) is 5.32. The van der Waals surface area contributed by atoms with Crippen molar-refractivity contribution < 1.29 is 4.79 Å². The fraction of sp³-hybridized carbons (Fsp3) is 0.500. The standard InChI is InChI=1S/C10H14N4O/c1-14-8-12-7-9(14)10(15)13-6-4-2-3-5-11/h7-8H,2-4,6H2,1H3,(H,13,15). The number of aromatic nitrogens is 2. The smallest absolute Gasteiger partial charge is 0.269 e. The van der Waals surface area contributed by atoms with Gasteiger partial charge in [0, 0.05) is 20.0 Å². The molecule has 0 saturated heterocycles. The van der Waals surface area contributed by atoms with Crippen LogP contribution >= 0.6 is 0 Å². The summed E-state index contributed by atoms with van der Waals surface area (Å²) in [6, 6.07) is 2.07. The van der Waals surface area contributed by atoms with Crippen molar-refractivity contribution in [1.29, 1.82) is 5.26 Å². The van der Waals surface area contributed by atoms with Crippen molar-refractivity contribution in [3.8, 4) is 6.07 Å². The number of imidazole rings is 1. The van der Waals surface area contributed by atoms with Crippen LogP contribution in [0.15, 0.2) is 12.5 Å². The normalized spacial score (nSPS) is 9.60. The minimum absolute atomic E-state index is 0.119. The summed E-state index contributed by atoms with van der Waals surface area (Å²) in [5, 5.41) is 11.1. The average Bonchev–Trinajstić information content (AvgIpc) is 2.64. The van der Waals surface area contributed by atoms with Gasteiger partial charge in [0.05, 0.1) is 18.6 Å². The Hall–Kier alpha value is -1.83. The molecule has 80 valence electrons. The third-order valence-corrected chi connectivity index (χ3v) is 2.05. The molecule has 0 atom stereocenters. The molecule has 0 aliphatic heterocycles. The first kappa shape index (κ1) is 11.2. The molecule has 0 radical (unpaired) electrons. The largest absolute Gasteiger partial charge is 0.351 e. The number of carbonyl (C=O) groups excluding carboxylic acids is 1. The second-order valence-corrected chi connectivity index (χ2v) is 3.26. The third kappa shape index (κ3) is 3.43. The molecule has 0 saturated carbocycles. The molecule has 1 aromatic heterocycles. The number of carbonyl (C=O) groups is 1. The van der Waals surface area contributed by atoms with Crippen LogP contribution in [0.5, 0.6) is 0 Å². The first-order valence-electron chi connectivity index (χ1n) is 4.87. The molecule has 5 nitrogen and oxygen atoms in total. The Morgan fingerprint density at radius 1 is 1.67 bits per heavy atom. The van der Waals surface area contributed by atoms with Gasteiger partial charge in [-0.05, 0) is 12.8 Å². The Labute approximate surface area is 88.7 Å². The summed E-state index contributed by atoms with van der Waals surface area (Å²) in [7, 11) is 1.78. The molecule has 1 amide bonds. The van der Waals surface area contributed by atoms with Crippen molar-refractivity contribution in [1.82, 2.24) is 14.9 Å². The fourth-order valence-corrected chi connectivity index (χ4v) is 1.20. The van der Waals surface area contributed by atoms with Crippen LogP contribution in [0.2, 0.25) is 0 Å². The van der Waals surface area contributed by atoms with E-state index >= 15 is 0 Å². The number of hydrogen-bond donors (Lipinski definition) is 1. The van der Waals surface area contributed by atoms with Crippen molar-refractivity contribution >= 4 is 5.91 Å². The SMILES string of the molecule is Cn1cncc1C(=O)NCCCCC#N. The van der Waals surface area contributed by atoms with E-state index in [-0.39, 0.29) is 5.91 Å². The van der Waals surface area contributed by atoms with Gasteiger partial charge in [0.1, 0.15) is 5.69 Å². The van der Waals surface area contributed by atoms with Crippen molar-refractivity contribution in [2.45, 2.75) is 19.3 Å². The fourth-order valence-electron chi connectivity index (χ4n) is 1.20. The number of amides is 1. The lowest BCUT2D eigenvalue weighted by Gasteiger charge is -2.04.